The minimum absolute atomic E-state index is 0.0844. The van der Waals surface area contributed by atoms with Gasteiger partial charge in [0.05, 0.1) is 28.6 Å². The Balaban J connectivity index is 1.62. The van der Waals surface area contributed by atoms with Gasteiger partial charge in [0, 0.05) is 42.6 Å². The number of benzene rings is 2. The number of thiazole rings is 1. The fourth-order valence-electron chi connectivity index (χ4n) is 3.53. The van der Waals surface area contributed by atoms with E-state index < -0.39 is 0 Å². The molecule has 0 fully saturated rings. The Morgan fingerprint density at radius 1 is 1.22 bits per heavy atom. The van der Waals surface area contributed by atoms with Crippen molar-refractivity contribution in [3.63, 3.8) is 0 Å². The van der Waals surface area contributed by atoms with E-state index in [0.29, 0.717) is 35.2 Å². The largest absolute Gasteiger partial charge is 0.349 e. The van der Waals surface area contributed by atoms with Crippen LogP contribution in [0.2, 0.25) is 0 Å². The van der Waals surface area contributed by atoms with Gasteiger partial charge in [-0.05, 0) is 36.8 Å². The predicted octanol–water partition coefficient (Wildman–Crippen LogP) is 4.00. The molecule has 4 aromatic rings. The van der Waals surface area contributed by atoms with E-state index in [0.717, 1.165) is 10.4 Å². The molecule has 4 rings (SSSR count). The van der Waals surface area contributed by atoms with E-state index in [1.54, 1.807) is 53.6 Å². The molecule has 0 bridgehead atoms. The summed E-state index contributed by atoms with van der Waals surface area (Å²) < 4.78 is 15.1. The summed E-state index contributed by atoms with van der Waals surface area (Å²) in [6.45, 7) is 3.79. The maximum absolute atomic E-state index is 13.2. The zero-order chi connectivity index (χ0) is 22.7. The van der Waals surface area contributed by atoms with E-state index in [9.17, 15) is 14.0 Å². The van der Waals surface area contributed by atoms with Crippen molar-refractivity contribution in [1.29, 1.82) is 0 Å². The van der Waals surface area contributed by atoms with Crippen molar-refractivity contribution in [2.45, 2.75) is 32.9 Å². The molecule has 7 nitrogen and oxygen atoms in total. The van der Waals surface area contributed by atoms with Gasteiger partial charge in [0.25, 0.3) is 5.91 Å². The SMILES string of the molecule is CC(=O)Nc1cc(C(=O)N[C@H](C)Cc2cncs2)cc2ncn(Cc3ccc(F)cc3)c12. The lowest BCUT2D eigenvalue weighted by Crippen LogP contribution is -2.34. The van der Waals surface area contributed by atoms with Crippen LogP contribution in [0.5, 0.6) is 0 Å². The Morgan fingerprint density at radius 3 is 2.69 bits per heavy atom. The topological polar surface area (TPSA) is 88.9 Å². The quantitative estimate of drug-likeness (QED) is 0.445. The first-order valence-electron chi connectivity index (χ1n) is 10.1. The third-order valence-corrected chi connectivity index (χ3v) is 5.72. The van der Waals surface area contributed by atoms with Crippen LogP contribution in [0.4, 0.5) is 10.1 Å². The first-order valence-corrected chi connectivity index (χ1v) is 11.0. The van der Waals surface area contributed by atoms with Crippen molar-refractivity contribution in [3.8, 4) is 0 Å². The lowest BCUT2D eigenvalue weighted by Gasteiger charge is -2.15. The van der Waals surface area contributed by atoms with Crippen LogP contribution < -0.4 is 10.6 Å². The minimum atomic E-state index is -0.302. The normalized spacial score (nSPS) is 12.0. The summed E-state index contributed by atoms with van der Waals surface area (Å²) in [7, 11) is 0. The summed E-state index contributed by atoms with van der Waals surface area (Å²) in [4.78, 5) is 34.3. The highest BCUT2D eigenvalue weighted by molar-refractivity contribution is 7.09. The molecule has 2 heterocycles. The van der Waals surface area contributed by atoms with Gasteiger partial charge in [-0.25, -0.2) is 9.37 Å². The van der Waals surface area contributed by atoms with Crippen LogP contribution in [-0.2, 0) is 17.8 Å². The van der Waals surface area contributed by atoms with Crippen molar-refractivity contribution < 1.29 is 14.0 Å². The molecule has 32 heavy (non-hydrogen) atoms. The number of hydrogen-bond acceptors (Lipinski definition) is 5. The number of carbonyl (C=O) groups is 2. The molecule has 2 amide bonds. The molecule has 0 unspecified atom stereocenters. The molecule has 9 heteroatoms. The van der Waals surface area contributed by atoms with Crippen molar-refractivity contribution in [2.24, 2.45) is 0 Å². The number of anilines is 1. The molecule has 0 aliphatic carbocycles. The second kappa shape index (κ2) is 9.27. The van der Waals surface area contributed by atoms with E-state index in [1.165, 1.54) is 19.1 Å². The maximum Gasteiger partial charge on any atom is 0.251 e. The summed E-state index contributed by atoms with van der Waals surface area (Å²) in [5, 5.41) is 5.80. The summed E-state index contributed by atoms with van der Waals surface area (Å²) in [5.74, 6) is -0.802. The fraction of sp³-hybridized carbons (Fsp3) is 0.217. The summed E-state index contributed by atoms with van der Waals surface area (Å²) in [6, 6.07) is 9.48. The molecule has 2 aromatic heterocycles. The number of nitrogens with one attached hydrogen (secondary N) is 2. The number of hydrogen-bond donors (Lipinski definition) is 2. The van der Waals surface area contributed by atoms with Gasteiger partial charge in [0.2, 0.25) is 5.91 Å². The first kappa shape index (κ1) is 21.6. The number of fused-ring (bicyclic) bond motifs is 1. The molecule has 164 valence electrons. The van der Waals surface area contributed by atoms with E-state index in [4.69, 9.17) is 0 Å². The number of halogens is 1. The molecule has 2 aromatic carbocycles. The number of amides is 2. The predicted molar refractivity (Wildman–Crippen MR) is 122 cm³/mol. The second-order valence-electron chi connectivity index (χ2n) is 7.62. The summed E-state index contributed by atoms with van der Waals surface area (Å²) >= 11 is 1.55. The molecule has 0 radical (unpaired) electrons. The van der Waals surface area contributed by atoms with Crippen LogP contribution in [0.15, 0.2) is 54.4 Å². The van der Waals surface area contributed by atoms with Crippen LogP contribution in [0.1, 0.15) is 34.6 Å². The van der Waals surface area contributed by atoms with Gasteiger partial charge in [-0.3, -0.25) is 14.6 Å². The van der Waals surface area contributed by atoms with E-state index >= 15 is 0 Å². The molecule has 0 aliphatic heterocycles. The fourth-order valence-corrected chi connectivity index (χ4v) is 4.26. The Morgan fingerprint density at radius 2 is 2.00 bits per heavy atom. The van der Waals surface area contributed by atoms with E-state index in [2.05, 4.69) is 20.6 Å². The molecular formula is C23H22FN5O2S. The number of carbonyl (C=O) groups excluding carboxylic acids is 2. The van der Waals surface area contributed by atoms with Gasteiger partial charge >= 0.3 is 0 Å². The van der Waals surface area contributed by atoms with Crippen molar-refractivity contribution in [3.05, 3.63) is 76.3 Å². The molecule has 0 saturated carbocycles. The lowest BCUT2D eigenvalue weighted by molar-refractivity contribution is -0.114. The van der Waals surface area contributed by atoms with Crippen molar-refractivity contribution in [1.82, 2.24) is 19.9 Å². The van der Waals surface area contributed by atoms with Crippen LogP contribution in [0, 0.1) is 5.82 Å². The first-order chi connectivity index (χ1) is 15.4. The molecule has 1 atom stereocenters. The molecule has 0 spiro atoms. The van der Waals surface area contributed by atoms with Gasteiger partial charge in [-0.15, -0.1) is 11.3 Å². The highest BCUT2D eigenvalue weighted by Gasteiger charge is 2.17. The molecular weight excluding hydrogens is 429 g/mol. The van der Waals surface area contributed by atoms with Crippen LogP contribution in [0.25, 0.3) is 11.0 Å². The zero-order valence-electron chi connectivity index (χ0n) is 17.6. The third kappa shape index (κ3) is 5.00. The van der Waals surface area contributed by atoms with Gasteiger partial charge in [0.1, 0.15) is 5.82 Å². The highest BCUT2D eigenvalue weighted by Crippen LogP contribution is 2.26. The zero-order valence-corrected chi connectivity index (χ0v) is 18.4. The third-order valence-electron chi connectivity index (χ3n) is 4.92. The van der Waals surface area contributed by atoms with Crippen molar-refractivity contribution in [2.75, 3.05) is 5.32 Å². The van der Waals surface area contributed by atoms with Crippen molar-refractivity contribution >= 4 is 39.9 Å². The number of imidazole rings is 1. The summed E-state index contributed by atoms with van der Waals surface area (Å²) in [6.07, 6.45) is 4.12. The number of aromatic nitrogens is 3. The second-order valence-corrected chi connectivity index (χ2v) is 8.59. The molecule has 0 saturated heterocycles. The average Bonchev–Trinajstić information content (AvgIpc) is 3.39. The van der Waals surface area contributed by atoms with Gasteiger partial charge in [-0.1, -0.05) is 12.1 Å². The van der Waals surface area contributed by atoms with Gasteiger partial charge < -0.3 is 15.2 Å². The monoisotopic (exact) mass is 451 g/mol. The average molecular weight is 452 g/mol. The highest BCUT2D eigenvalue weighted by atomic mass is 32.1. The lowest BCUT2D eigenvalue weighted by atomic mass is 10.1. The van der Waals surface area contributed by atoms with Crippen LogP contribution in [0.3, 0.4) is 0 Å². The Labute approximate surface area is 188 Å². The Hall–Kier alpha value is -3.59. The van der Waals surface area contributed by atoms with E-state index in [1.807, 2.05) is 11.5 Å². The molecule has 2 N–H and O–H groups in total. The number of nitrogens with zero attached hydrogens (tertiary/aromatic N) is 3. The Bertz CT molecular complexity index is 1250. The molecule has 0 aliphatic rings. The van der Waals surface area contributed by atoms with Crippen LogP contribution in [-0.4, -0.2) is 32.4 Å². The summed E-state index contributed by atoms with van der Waals surface area (Å²) in [5.41, 5.74) is 4.83. The standard InChI is InChI=1S/C23H22FN5O2S/c1-14(7-19-10-25-13-32-19)27-23(31)17-8-20-22(21(9-17)28-15(2)30)29(12-26-20)11-16-3-5-18(24)6-4-16/h3-6,8-10,12-14H,7,11H2,1-2H3,(H,27,31)(H,28,30)/t14-/m1/s1. The minimum Gasteiger partial charge on any atom is -0.349 e. The Kier molecular flexibility index (Phi) is 6.27. The smallest absolute Gasteiger partial charge is 0.251 e. The van der Waals surface area contributed by atoms with Gasteiger partial charge in [-0.2, -0.15) is 0 Å². The van der Waals surface area contributed by atoms with Crippen LogP contribution >= 0.6 is 11.3 Å². The van der Waals surface area contributed by atoms with E-state index in [-0.39, 0.29) is 23.7 Å². The maximum atomic E-state index is 13.2. The number of rotatable bonds is 7. The van der Waals surface area contributed by atoms with Gasteiger partial charge in [0.15, 0.2) is 0 Å².